The molecule has 0 radical (unpaired) electrons. The van der Waals surface area contributed by atoms with Crippen LogP contribution in [-0.4, -0.2) is 40.6 Å². The van der Waals surface area contributed by atoms with E-state index in [9.17, 15) is 9.59 Å². The molecule has 0 heterocycles. The van der Waals surface area contributed by atoms with Gasteiger partial charge in [-0.25, -0.2) is 4.79 Å². The summed E-state index contributed by atoms with van der Waals surface area (Å²) in [6, 6.07) is -0.201. The Labute approximate surface area is 103 Å². The van der Waals surface area contributed by atoms with E-state index in [4.69, 9.17) is 5.11 Å². The summed E-state index contributed by atoms with van der Waals surface area (Å²) in [4.78, 5) is 24.3. The molecule has 100 valence electrons. The highest BCUT2D eigenvalue weighted by Gasteiger charge is 2.26. The average molecular weight is 244 g/mol. The van der Waals surface area contributed by atoms with E-state index in [0.29, 0.717) is 19.0 Å². The second-order valence-corrected chi connectivity index (χ2v) is 5.32. The number of urea groups is 1. The predicted molar refractivity (Wildman–Crippen MR) is 66.9 cm³/mol. The van der Waals surface area contributed by atoms with Crippen LogP contribution >= 0.6 is 0 Å². The van der Waals surface area contributed by atoms with Gasteiger partial charge in [0.2, 0.25) is 0 Å². The molecule has 5 heteroatoms. The number of nitrogens with one attached hydrogen (secondary N) is 1. The average Bonchev–Trinajstić information content (AvgIpc) is 2.10. The van der Waals surface area contributed by atoms with Gasteiger partial charge in [0, 0.05) is 18.6 Å². The fourth-order valence-electron chi connectivity index (χ4n) is 1.59. The van der Waals surface area contributed by atoms with Gasteiger partial charge in [0.15, 0.2) is 0 Å². The number of carbonyl (C=O) groups is 2. The van der Waals surface area contributed by atoms with E-state index in [1.165, 1.54) is 0 Å². The number of nitrogens with zero attached hydrogens (tertiary/aromatic N) is 1. The number of aliphatic carboxylic acids is 1. The van der Waals surface area contributed by atoms with Crippen LogP contribution in [-0.2, 0) is 4.79 Å². The number of hydrogen-bond acceptors (Lipinski definition) is 2. The van der Waals surface area contributed by atoms with Crippen molar-refractivity contribution in [2.24, 2.45) is 5.92 Å². The van der Waals surface area contributed by atoms with Crippen LogP contribution in [0.3, 0.4) is 0 Å². The van der Waals surface area contributed by atoms with E-state index < -0.39 is 11.5 Å². The van der Waals surface area contributed by atoms with Crippen LogP contribution in [0.5, 0.6) is 0 Å². The van der Waals surface area contributed by atoms with Crippen molar-refractivity contribution in [1.29, 1.82) is 0 Å². The van der Waals surface area contributed by atoms with Crippen LogP contribution in [0.15, 0.2) is 0 Å². The Bertz CT molecular complexity index is 275. The van der Waals surface area contributed by atoms with Crippen molar-refractivity contribution < 1.29 is 14.7 Å². The molecule has 0 atom stereocenters. The van der Waals surface area contributed by atoms with Crippen LogP contribution in [0.2, 0.25) is 0 Å². The third kappa shape index (κ3) is 6.81. The van der Waals surface area contributed by atoms with E-state index in [0.717, 1.165) is 0 Å². The van der Waals surface area contributed by atoms with Gasteiger partial charge in [-0.2, -0.15) is 0 Å². The third-order valence-electron chi connectivity index (χ3n) is 2.29. The minimum absolute atomic E-state index is 0.0853. The summed E-state index contributed by atoms with van der Waals surface area (Å²) in [6.45, 7) is 10.7. The maximum Gasteiger partial charge on any atom is 0.317 e. The Balaban J connectivity index is 4.44. The number of carboxylic acid groups (broad SMARTS) is 1. The zero-order chi connectivity index (χ0) is 13.6. The molecule has 0 rings (SSSR count). The summed E-state index contributed by atoms with van der Waals surface area (Å²) in [5.74, 6) is -0.523. The minimum atomic E-state index is -0.915. The first kappa shape index (κ1) is 15.7. The van der Waals surface area contributed by atoms with Gasteiger partial charge in [0.25, 0.3) is 0 Å². The van der Waals surface area contributed by atoms with Gasteiger partial charge in [0.05, 0.1) is 6.42 Å². The zero-order valence-corrected chi connectivity index (χ0v) is 11.4. The highest BCUT2D eigenvalue weighted by molar-refractivity contribution is 5.76. The first-order valence-corrected chi connectivity index (χ1v) is 5.97. The Morgan fingerprint density at radius 3 is 2.24 bits per heavy atom. The summed E-state index contributed by atoms with van der Waals surface area (Å²) in [6.07, 6.45) is -0.0853. The molecule has 0 fully saturated rings. The molecule has 0 unspecified atom stereocenters. The van der Waals surface area contributed by atoms with Crippen molar-refractivity contribution in [1.82, 2.24) is 10.2 Å². The third-order valence-corrected chi connectivity index (χ3v) is 2.29. The molecule has 2 N–H and O–H groups in total. The number of amides is 2. The molecule has 0 aromatic carbocycles. The lowest BCUT2D eigenvalue weighted by Crippen LogP contribution is -2.51. The quantitative estimate of drug-likeness (QED) is 0.750. The fraction of sp³-hybridized carbons (Fsp3) is 0.833. The molecule has 0 aromatic heterocycles. The summed E-state index contributed by atoms with van der Waals surface area (Å²) in [5, 5.41) is 11.5. The lowest BCUT2D eigenvalue weighted by Gasteiger charge is -2.30. The molecule has 0 aliphatic heterocycles. The van der Waals surface area contributed by atoms with Crippen LogP contribution in [0, 0.1) is 5.92 Å². The Kier molecular flexibility index (Phi) is 5.99. The maximum absolute atomic E-state index is 11.9. The van der Waals surface area contributed by atoms with Crippen molar-refractivity contribution in [3.05, 3.63) is 0 Å². The first-order chi connectivity index (χ1) is 7.68. The Morgan fingerprint density at radius 1 is 1.35 bits per heavy atom. The molecule has 0 saturated carbocycles. The monoisotopic (exact) mass is 244 g/mol. The van der Waals surface area contributed by atoms with Gasteiger partial charge >= 0.3 is 12.0 Å². The largest absolute Gasteiger partial charge is 0.481 e. The van der Waals surface area contributed by atoms with Gasteiger partial charge in [0.1, 0.15) is 0 Å². The van der Waals surface area contributed by atoms with Crippen LogP contribution < -0.4 is 5.32 Å². The maximum atomic E-state index is 11.9. The molecule has 0 spiro atoms. The predicted octanol–water partition coefficient (Wildman–Crippen LogP) is 1.93. The lowest BCUT2D eigenvalue weighted by molar-refractivity contribution is -0.138. The van der Waals surface area contributed by atoms with Gasteiger partial charge in [-0.15, -0.1) is 0 Å². The van der Waals surface area contributed by atoms with Crippen LogP contribution in [0.4, 0.5) is 4.79 Å². The second kappa shape index (κ2) is 6.47. The first-order valence-electron chi connectivity index (χ1n) is 5.97. The second-order valence-electron chi connectivity index (χ2n) is 5.32. The van der Waals surface area contributed by atoms with E-state index in [1.54, 1.807) is 18.7 Å². The van der Waals surface area contributed by atoms with Gasteiger partial charge in [-0.05, 0) is 26.7 Å². The summed E-state index contributed by atoms with van der Waals surface area (Å²) < 4.78 is 0. The van der Waals surface area contributed by atoms with Crippen molar-refractivity contribution >= 4 is 12.0 Å². The van der Waals surface area contributed by atoms with E-state index in [1.807, 2.05) is 20.8 Å². The number of hydrogen-bond donors (Lipinski definition) is 2. The number of carboxylic acids is 1. The van der Waals surface area contributed by atoms with Crippen molar-refractivity contribution in [2.75, 3.05) is 13.1 Å². The summed E-state index contributed by atoms with van der Waals surface area (Å²) >= 11 is 0. The minimum Gasteiger partial charge on any atom is -0.481 e. The van der Waals surface area contributed by atoms with Crippen molar-refractivity contribution in [3.8, 4) is 0 Å². The molecular formula is C12H24N2O3. The van der Waals surface area contributed by atoms with Crippen LogP contribution in [0.25, 0.3) is 0 Å². The molecule has 2 amide bonds. The van der Waals surface area contributed by atoms with Crippen molar-refractivity contribution in [3.63, 3.8) is 0 Å². The number of carbonyl (C=O) groups excluding carboxylic acids is 1. The fourth-order valence-corrected chi connectivity index (χ4v) is 1.59. The molecule has 0 saturated heterocycles. The highest BCUT2D eigenvalue weighted by Crippen LogP contribution is 2.09. The number of rotatable bonds is 6. The SMILES string of the molecule is CCN(CC(C)C)C(=O)NC(C)(C)CC(=O)O. The smallest absolute Gasteiger partial charge is 0.317 e. The van der Waals surface area contributed by atoms with Crippen LogP contribution in [0.1, 0.15) is 41.0 Å². The molecular weight excluding hydrogens is 220 g/mol. The summed E-state index contributed by atoms with van der Waals surface area (Å²) in [5.41, 5.74) is -0.729. The Hall–Kier alpha value is -1.26. The van der Waals surface area contributed by atoms with Gasteiger partial charge < -0.3 is 15.3 Å². The molecule has 5 nitrogen and oxygen atoms in total. The zero-order valence-electron chi connectivity index (χ0n) is 11.4. The summed E-state index contributed by atoms with van der Waals surface area (Å²) in [7, 11) is 0. The normalized spacial score (nSPS) is 11.4. The van der Waals surface area contributed by atoms with E-state index >= 15 is 0 Å². The van der Waals surface area contributed by atoms with Gasteiger partial charge in [-0.1, -0.05) is 13.8 Å². The molecule has 0 aromatic rings. The topological polar surface area (TPSA) is 69.6 Å². The Morgan fingerprint density at radius 2 is 1.88 bits per heavy atom. The molecule has 0 aliphatic carbocycles. The van der Waals surface area contributed by atoms with E-state index in [-0.39, 0.29) is 12.5 Å². The molecule has 0 bridgehead atoms. The molecule has 17 heavy (non-hydrogen) atoms. The lowest BCUT2D eigenvalue weighted by atomic mass is 10.0. The van der Waals surface area contributed by atoms with Crippen molar-refractivity contribution in [2.45, 2.75) is 46.6 Å². The highest BCUT2D eigenvalue weighted by atomic mass is 16.4. The van der Waals surface area contributed by atoms with E-state index in [2.05, 4.69) is 5.32 Å². The standard InChI is InChI=1S/C12H24N2O3/c1-6-14(8-9(2)3)11(17)13-12(4,5)7-10(15)16/h9H,6-8H2,1-5H3,(H,13,17)(H,15,16). The van der Waals surface area contributed by atoms with Gasteiger partial charge in [-0.3, -0.25) is 4.79 Å². The molecule has 0 aliphatic rings.